The van der Waals surface area contributed by atoms with E-state index in [1.807, 2.05) is 30.3 Å². The lowest BCUT2D eigenvalue weighted by Crippen LogP contribution is -1.95. The largest absolute Gasteiger partial charge is 0.458 e. The van der Waals surface area contributed by atoms with E-state index in [4.69, 9.17) is 16.0 Å². The van der Waals surface area contributed by atoms with E-state index in [-0.39, 0.29) is 0 Å². The van der Waals surface area contributed by atoms with E-state index in [1.54, 1.807) is 0 Å². The molecular weight excluding hydrogens is 212 g/mol. The summed E-state index contributed by atoms with van der Waals surface area (Å²) in [6.45, 7) is 0. The quantitative estimate of drug-likeness (QED) is 0.807. The number of hydrogen-bond acceptors (Lipinski definition) is 2. The zero-order valence-corrected chi connectivity index (χ0v) is 9.07. The van der Waals surface area contributed by atoms with Crippen molar-refractivity contribution >= 4 is 22.6 Å². The van der Waals surface area contributed by atoms with Crippen LogP contribution in [0.2, 0.25) is 0 Å². The van der Waals surface area contributed by atoms with E-state index in [1.165, 1.54) is 0 Å². The van der Waals surface area contributed by atoms with Gasteiger partial charge in [-0.3, -0.25) is 0 Å². The highest BCUT2D eigenvalue weighted by Crippen LogP contribution is 2.26. The summed E-state index contributed by atoms with van der Waals surface area (Å²) >= 11 is 5.57. The van der Waals surface area contributed by atoms with E-state index in [0.717, 1.165) is 17.4 Å². The molecule has 1 aromatic heterocycles. The molecule has 2 rings (SSSR count). The minimum Gasteiger partial charge on any atom is -0.458 e. The second-order valence-electron chi connectivity index (χ2n) is 3.53. The van der Waals surface area contributed by atoms with Gasteiger partial charge in [-0.05, 0) is 25.0 Å². The predicted octanol–water partition coefficient (Wildman–Crippen LogP) is 3.49. The van der Waals surface area contributed by atoms with Crippen LogP contribution in [0.1, 0.15) is 24.7 Å². The zero-order chi connectivity index (χ0) is 10.7. The molecule has 15 heavy (non-hydrogen) atoms. The van der Waals surface area contributed by atoms with E-state index in [2.05, 4.69) is 0 Å². The number of benzene rings is 1. The number of alkyl halides is 1. The average molecular weight is 225 g/mol. The smallest absolute Gasteiger partial charge is 0.134 e. The van der Waals surface area contributed by atoms with Gasteiger partial charge in [-0.1, -0.05) is 18.2 Å². The number of rotatable bonds is 4. The van der Waals surface area contributed by atoms with Crippen LogP contribution >= 0.6 is 11.6 Å². The standard InChI is InChI=1S/C12H13ClO2/c13-7-3-5-10(14)12-8-9-4-1-2-6-11(9)15-12/h1-2,4,6,8,10,14H,3,5,7H2. The Morgan fingerprint density at radius 1 is 1.33 bits per heavy atom. The van der Waals surface area contributed by atoms with Crippen LogP contribution < -0.4 is 0 Å². The third kappa shape index (κ3) is 2.33. The molecule has 0 aliphatic heterocycles. The Labute approximate surface area is 93.5 Å². The lowest BCUT2D eigenvalue weighted by Gasteiger charge is -2.04. The van der Waals surface area contributed by atoms with Gasteiger partial charge in [0.25, 0.3) is 0 Å². The number of halogens is 1. The Kier molecular flexibility index (Phi) is 3.29. The minimum atomic E-state index is -0.545. The highest BCUT2D eigenvalue weighted by Gasteiger charge is 2.12. The van der Waals surface area contributed by atoms with Crippen LogP contribution in [0.3, 0.4) is 0 Å². The maximum atomic E-state index is 9.80. The second-order valence-corrected chi connectivity index (χ2v) is 3.91. The fraction of sp³-hybridized carbons (Fsp3) is 0.333. The van der Waals surface area contributed by atoms with Crippen LogP contribution in [-0.2, 0) is 0 Å². The molecule has 0 saturated heterocycles. The van der Waals surface area contributed by atoms with E-state index in [0.29, 0.717) is 18.1 Å². The average Bonchev–Trinajstić information content (AvgIpc) is 2.69. The van der Waals surface area contributed by atoms with Crippen LogP contribution in [0, 0.1) is 0 Å². The number of hydrogen-bond donors (Lipinski definition) is 1. The summed E-state index contributed by atoms with van der Waals surface area (Å²) in [5, 5.41) is 10.8. The van der Waals surface area contributed by atoms with E-state index >= 15 is 0 Å². The molecule has 1 atom stereocenters. The van der Waals surface area contributed by atoms with Crippen LogP contribution in [0.15, 0.2) is 34.7 Å². The van der Waals surface area contributed by atoms with Gasteiger partial charge in [0, 0.05) is 11.3 Å². The molecule has 0 aliphatic carbocycles. The Morgan fingerprint density at radius 2 is 2.13 bits per heavy atom. The van der Waals surface area contributed by atoms with Crippen molar-refractivity contribution in [1.29, 1.82) is 0 Å². The first-order valence-corrected chi connectivity index (χ1v) is 5.57. The van der Waals surface area contributed by atoms with Crippen molar-refractivity contribution < 1.29 is 9.52 Å². The molecular formula is C12H13ClO2. The summed E-state index contributed by atoms with van der Waals surface area (Å²) in [5.41, 5.74) is 0.817. The first kappa shape index (κ1) is 10.5. The lowest BCUT2D eigenvalue weighted by molar-refractivity contribution is 0.142. The minimum absolute atomic E-state index is 0.545. The summed E-state index contributed by atoms with van der Waals surface area (Å²) < 4.78 is 5.53. The summed E-state index contributed by atoms with van der Waals surface area (Å²) in [4.78, 5) is 0. The third-order valence-corrected chi connectivity index (χ3v) is 2.65. The maximum absolute atomic E-state index is 9.80. The monoisotopic (exact) mass is 224 g/mol. The lowest BCUT2D eigenvalue weighted by atomic mass is 10.1. The van der Waals surface area contributed by atoms with Gasteiger partial charge in [0.15, 0.2) is 0 Å². The fourth-order valence-electron chi connectivity index (χ4n) is 1.58. The van der Waals surface area contributed by atoms with E-state index < -0.39 is 6.10 Å². The molecule has 0 saturated carbocycles. The number of aliphatic hydroxyl groups is 1. The van der Waals surface area contributed by atoms with Crippen molar-refractivity contribution in [2.24, 2.45) is 0 Å². The van der Waals surface area contributed by atoms with Gasteiger partial charge < -0.3 is 9.52 Å². The normalized spacial score (nSPS) is 13.2. The van der Waals surface area contributed by atoms with Crippen molar-refractivity contribution in [2.75, 3.05) is 5.88 Å². The SMILES string of the molecule is OC(CCCCl)c1cc2ccccc2o1. The molecule has 1 aromatic carbocycles. The molecule has 2 aromatic rings. The van der Waals surface area contributed by atoms with Crippen molar-refractivity contribution in [3.05, 3.63) is 36.1 Å². The molecule has 1 heterocycles. The highest BCUT2D eigenvalue weighted by atomic mass is 35.5. The predicted molar refractivity (Wildman–Crippen MR) is 61.1 cm³/mol. The molecule has 0 fully saturated rings. The van der Waals surface area contributed by atoms with Crippen molar-refractivity contribution in [1.82, 2.24) is 0 Å². The third-order valence-electron chi connectivity index (χ3n) is 2.38. The van der Waals surface area contributed by atoms with E-state index in [9.17, 15) is 5.11 Å². The molecule has 1 N–H and O–H groups in total. The summed E-state index contributed by atoms with van der Waals surface area (Å²) in [7, 11) is 0. The molecule has 0 aliphatic rings. The number of aliphatic hydroxyl groups excluding tert-OH is 1. The van der Waals surface area contributed by atoms with Gasteiger partial charge in [-0.15, -0.1) is 11.6 Å². The molecule has 0 spiro atoms. The van der Waals surface area contributed by atoms with Crippen molar-refractivity contribution in [2.45, 2.75) is 18.9 Å². The highest BCUT2D eigenvalue weighted by molar-refractivity contribution is 6.17. The zero-order valence-electron chi connectivity index (χ0n) is 8.32. The van der Waals surface area contributed by atoms with Gasteiger partial charge >= 0.3 is 0 Å². The van der Waals surface area contributed by atoms with Gasteiger partial charge in [-0.2, -0.15) is 0 Å². The Morgan fingerprint density at radius 3 is 2.87 bits per heavy atom. The molecule has 0 radical (unpaired) electrons. The molecule has 0 amide bonds. The summed E-state index contributed by atoms with van der Waals surface area (Å²) in [6.07, 6.45) is 0.888. The Hall–Kier alpha value is -0.990. The van der Waals surface area contributed by atoms with Gasteiger partial charge in [0.05, 0.1) is 0 Å². The van der Waals surface area contributed by atoms with Crippen LogP contribution in [0.5, 0.6) is 0 Å². The molecule has 2 nitrogen and oxygen atoms in total. The number of para-hydroxylation sites is 1. The van der Waals surface area contributed by atoms with Crippen molar-refractivity contribution in [3.8, 4) is 0 Å². The maximum Gasteiger partial charge on any atom is 0.134 e. The van der Waals surface area contributed by atoms with Crippen molar-refractivity contribution in [3.63, 3.8) is 0 Å². The van der Waals surface area contributed by atoms with Gasteiger partial charge in [0.1, 0.15) is 17.4 Å². The summed E-state index contributed by atoms with van der Waals surface area (Å²) in [6, 6.07) is 9.62. The molecule has 1 unspecified atom stereocenters. The molecule has 0 bridgehead atoms. The van der Waals surface area contributed by atoms with Crippen LogP contribution in [-0.4, -0.2) is 11.0 Å². The summed E-state index contributed by atoms with van der Waals surface area (Å²) in [5.74, 6) is 1.19. The first-order valence-electron chi connectivity index (χ1n) is 5.04. The van der Waals surface area contributed by atoms with Crippen LogP contribution in [0.25, 0.3) is 11.0 Å². The fourth-order valence-corrected chi connectivity index (χ4v) is 1.73. The number of fused-ring (bicyclic) bond motifs is 1. The molecule has 80 valence electrons. The Bertz CT molecular complexity index is 403. The molecule has 3 heteroatoms. The number of furan rings is 1. The Balaban J connectivity index is 2.20. The van der Waals surface area contributed by atoms with Gasteiger partial charge in [-0.25, -0.2) is 0 Å². The topological polar surface area (TPSA) is 33.4 Å². The first-order chi connectivity index (χ1) is 7.31. The second kappa shape index (κ2) is 4.69. The van der Waals surface area contributed by atoms with Crippen LogP contribution in [0.4, 0.5) is 0 Å². The van der Waals surface area contributed by atoms with Gasteiger partial charge in [0.2, 0.25) is 0 Å².